The molecule has 0 spiro atoms. The van der Waals surface area contributed by atoms with Gasteiger partial charge in [-0.1, -0.05) is 12.1 Å². The lowest BCUT2D eigenvalue weighted by atomic mass is 10.0. The average Bonchev–Trinajstić information content (AvgIpc) is 3.28. The highest BCUT2D eigenvalue weighted by molar-refractivity contribution is 6.00. The lowest BCUT2D eigenvalue weighted by Crippen LogP contribution is -2.36. The van der Waals surface area contributed by atoms with Gasteiger partial charge in [-0.15, -0.1) is 10.2 Å². The number of fused-ring (bicyclic) bond motifs is 5. The Morgan fingerprint density at radius 1 is 1.03 bits per heavy atom. The van der Waals surface area contributed by atoms with Gasteiger partial charge >= 0.3 is 0 Å². The lowest BCUT2D eigenvalue weighted by Gasteiger charge is -2.29. The quantitative estimate of drug-likeness (QED) is 0.563. The van der Waals surface area contributed by atoms with Crippen molar-refractivity contribution in [3.63, 3.8) is 0 Å². The zero-order valence-electron chi connectivity index (χ0n) is 17.1. The molecule has 158 valence electrons. The van der Waals surface area contributed by atoms with Crippen molar-refractivity contribution in [2.24, 2.45) is 0 Å². The summed E-state index contributed by atoms with van der Waals surface area (Å²) >= 11 is 0. The molecule has 31 heavy (non-hydrogen) atoms. The SMILES string of the molecule is O=C1Cc2cccc(n2)-c2nncn2C/C=C\COc2ccc(N3CCOCC3)cc21. The monoisotopic (exact) mass is 417 g/mol. The van der Waals surface area contributed by atoms with E-state index in [1.54, 1.807) is 6.33 Å². The minimum absolute atomic E-state index is 0.0303. The molecule has 0 amide bonds. The molecule has 0 aliphatic carbocycles. The van der Waals surface area contributed by atoms with Gasteiger partial charge in [-0.25, -0.2) is 4.98 Å². The third-order valence-electron chi connectivity index (χ3n) is 5.44. The Kier molecular flexibility index (Phi) is 5.45. The summed E-state index contributed by atoms with van der Waals surface area (Å²) in [5.41, 5.74) is 2.97. The Balaban J connectivity index is 1.51. The number of carbonyl (C=O) groups excluding carboxylic acids is 1. The zero-order chi connectivity index (χ0) is 21.0. The number of Topliss-reactive ketones (excluding diaryl/α,β-unsaturated/α-hetero) is 1. The fourth-order valence-electron chi connectivity index (χ4n) is 3.82. The number of anilines is 1. The van der Waals surface area contributed by atoms with E-state index in [0.29, 0.717) is 54.9 Å². The summed E-state index contributed by atoms with van der Waals surface area (Å²) in [6, 6.07) is 11.5. The summed E-state index contributed by atoms with van der Waals surface area (Å²) in [4.78, 5) is 20.2. The first kappa shape index (κ1) is 19.4. The van der Waals surface area contributed by atoms with Crippen molar-refractivity contribution >= 4 is 11.5 Å². The standard InChI is InChI=1S/C23H23N5O3/c29-21-14-17-4-3-5-20(25-17)23-26-24-16-28(23)8-1-2-11-31-22-7-6-18(15-19(21)22)27-9-12-30-13-10-27/h1-7,15-16H,8-14H2/b2-1-. The van der Waals surface area contributed by atoms with Gasteiger partial charge in [-0.3, -0.25) is 4.79 Å². The zero-order valence-corrected chi connectivity index (χ0v) is 17.1. The predicted octanol–water partition coefficient (Wildman–Crippen LogP) is 2.55. The van der Waals surface area contributed by atoms with Gasteiger partial charge < -0.3 is 18.9 Å². The number of ether oxygens (including phenoxy) is 2. The number of ketones is 1. The Labute approximate surface area is 180 Å². The largest absolute Gasteiger partial charge is 0.489 e. The number of pyridine rings is 1. The van der Waals surface area contributed by atoms with E-state index in [4.69, 9.17) is 9.47 Å². The third kappa shape index (κ3) is 4.20. The molecule has 0 atom stereocenters. The van der Waals surface area contributed by atoms with E-state index in [1.165, 1.54) is 0 Å². The Morgan fingerprint density at radius 2 is 1.94 bits per heavy atom. The first-order valence-corrected chi connectivity index (χ1v) is 10.4. The Morgan fingerprint density at radius 3 is 2.84 bits per heavy atom. The van der Waals surface area contributed by atoms with E-state index in [2.05, 4.69) is 20.1 Å². The molecule has 0 unspecified atom stereocenters. The van der Waals surface area contributed by atoms with Crippen LogP contribution in [0.15, 0.2) is 54.9 Å². The molecule has 0 N–H and O–H groups in total. The number of nitrogens with zero attached hydrogens (tertiary/aromatic N) is 5. The van der Waals surface area contributed by atoms with Gasteiger partial charge in [0.25, 0.3) is 0 Å². The normalized spacial score (nSPS) is 17.8. The van der Waals surface area contributed by atoms with Crippen LogP contribution in [0.25, 0.3) is 11.5 Å². The minimum Gasteiger partial charge on any atom is -0.489 e. The summed E-state index contributed by atoms with van der Waals surface area (Å²) < 4.78 is 13.3. The molecule has 0 saturated carbocycles. The fraction of sp³-hybridized carbons (Fsp3) is 0.304. The van der Waals surface area contributed by atoms with Crippen molar-refractivity contribution in [1.82, 2.24) is 19.7 Å². The Bertz CT molecular complexity index is 1120. The van der Waals surface area contributed by atoms with Crippen molar-refractivity contribution in [1.29, 1.82) is 0 Å². The summed E-state index contributed by atoms with van der Waals surface area (Å²) in [7, 11) is 0. The van der Waals surface area contributed by atoms with Crippen molar-refractivity contribution in [3.05, 3.63) is 66.1 Å². The number of rotatable bonds is 1. The van der Waals surface area contributed by atoms with Crippen LogP contribution < -0.4 is 9.64 Å². The number of hydrogen-bond acceptors (Lipinski definition) is 7. The van der Waals surface area contributed by atoms with Crippen LogP contribution in [0.4, 0.5) is 5.69 Å². The highest BCUT2D eigenvalue weighted by Gasteiger charge is 2.19. The van der Waals surface area contributed by atoms with Gasteiger partial charge in [0.15, 0.2) is 11.6 Å². The molecular formula is C23H23N5O3. The minimum atomic E-state index is -0.0303. The summed E-state index contributed by atoms with van der Waals surface area (Å²) in [5.74, 6) is 1.23. The van der Waals surface area contributed by atoms with E-state index in [9.17, 15) is 4.79 Å². The molecular weight excluding hydrogens is 394 g/mol. The van der Waals surface area contributed by atoms with Crippen molar-refractivity contribution in [2.75, 3.05) is 37.8 Å². The van der Waals surface area contributed by atoms with Gasteiger partial charge in [0, 0.05) is 31.0 Å². The first-order chi connectivity index (χ1) is 15.3. The first-order valence-electron chi connectivity index (χ1n) is 10.4. The highest BCUT2D eigenvalue weighted by atomic mass is 16.5. The summed E-state index contributed by atoms with van der Waals surface area (Å²) in [5, 5.41) is 8.22. The molecule has 1 fully saturated rings. The molecule has 2 aromatic heterocycles. The molecule has 0 radical (unpaired) electrons. The fourth-order valence-corrected chi connectivity index (χ4v) is 3.82. The molecule has 1 aromatic carbocycles. The van der Waals surface area contributed by atoms with E-state index < -0.39 is 0 Å². The Hall–Kier alpha value is -3.52. The van der Waals surface area contributed by atoms with E-state index >= 15 is 0 Å². The number of morpholine rings is 1. The molecule has 8 nitrogen and oxygen atoms in total. The summed E-state index contributed by atoms with van der Waals surface area (Å²) in [6.45, 7) is 3.97. The van der Waals surface area contributed by atoms with Crippen molar-refractivity contribution < 1.29 is 14.3 Å². The molecule has 5 rings (SSSR count). The molecule has 3 aromatic rings. The van der Waals surface area contributed by atoms with Gasteiger partial charge in [0.2, 0.25) is 0 Å². The van der Waals surface area contributed by atoms with Crippen LogP contribution >= 0.6 is 0 Å². The number of carbonyl (C=O) groups is 1. The number of benzene rings is 1. The molecule has 2 aliphatic heterocycles. The second-order valence-electron chi connectivity index (χ2n) is 7.48. The number of hydrogen-bond donors (Lipinski definition) is 0. The maximum Gasteiger partial charge on any atom is 0.182 e. The molecule has 8 heteroatoms. The van der Waals surface area contributed by atoms with Crippen LogP contribution in [0.3, 0.4) is 0 Å². The van der Waals surface area contributed by atoms with Crippen LogP contribution in [-0.4, -0.2) is 58.4 Å². The highest BCUT2D eigenvalue weighted by Crippen LogP contribution is 2.28. The maximum absolute atomic E-state index is 13.3. The van der Waals surface area contributed by atoms with E-state index in [-0.39, 0.29) is 12.2 Å². The van der Waals surface area contributed by atoms with Crippen LogP contribution in [0.2, 0.25) is 0 Å². The van der Waals surface area contributed by atoms with Crippen LogP contribution in [-0.2, 0) is 17.7 Å². The topological polar surface area (TPSA) is 82.4 Å². The number of allylic oxidation sites excluding steroid dienone is 1. The van der Waals surface area contributed by atoms with Gasteiger partial charge in [-0.05, 0) is 36.4 Å². The van der Waals surface area contributed by atoms with Crippen LogP contribution in [0.1, 0.15) is 16.1 Å². The second-order valence-corrected chi connectivity index (χ2v) is 7.48. The molecule has 4 heterocycles. The van der Waals surface area contributed by atoms with Crippen molar-refractivity contribution in [3.8, 4) is 17.3 Å². The predicted molar refractivity (Wildman–Crippen MR) is 115 cm³/mol. The van der Waals surface area contributed by atoms with Crippen LogP contribution in [0.5, 0.6) is 5.75 Å². The van der Waals surface area contributed by atoms with E-state index in [0.717, 1.165) is 18.8 Å². The van der Waals surface area contributed by atoms with Crippen molar-refractivity contribution in [2.45, 2.75) is 13.0 Å². The van der Waals surface area contributed by atoms with Gasteiger partial charge in [0.05, 0.1) is 25.2 Å². The van der Waals surface area contributed by atoms with Gasteiger partial charge in [-0.2, -0.15) is 0 Å². The van der Waals surface area contributed by atoms with Crippen LogP contribution in [0, 0.1) is 0 Å². The second kappa shape index (κ2) is 8.69. The summed E-state index contributed by atoms with van der Waals surface area (Å²) in [6.07, 6.45) is 5.78. The molecule has 2 aliphatic rings. The lowest BCUT2D eigenvalue weighted by molar-refractivity contribution is 0.0988. The average molecular weight is 417 g/mol. The molecule has 1 saturated heterocycles. The third-order valence-corrected chi connectivity index (χ3v) is 5.44. The number of aromatic nitrogens is 4. The maximum atomic E-state index is 13.3. The van der Waals surface area contributed by atoms with Gasteiger partial charge in [0.1, 0.15) is 24.4 Å². The molecule has 2 bridgehead atoms. The smallest absolute Gasteiger partial charge is 0.182 e. The van der Waals surface area contributed by atoms with E-state index in [1.807, 2.05) is 53.1 Å².